The van der Waals surface area contributed by atoms with Gasteiger partial charge in [0.05, 0.1) is 11.0 Å². The molecule has 1 heterocycles. The van der Waals surface area contributed by atoms with Gasteiger partial charge in [0.2, 0.25) is 0 Å². The summed E-state index contributed by atoms with van der Waals surface area (Å²) < 4.78 is 10.8. The second kappa shape index (κ2) is 7.68. The van der Waals surface area contributed by atoms with Gasteiger partial charge in [-0.05, 0) is 72.1 Å². The van der Waals surface area contributed by atoms with Crippen LogP contribution < -0.4 is 0 Å². The predicted molar refractivity (Wildman–Crippen MR) is 107 cm³/mol. The SMILES string of the molecule is COCON1C(=O)C(c2c(C)cc(C)cc2C)=C(OC(=O)C(C)(C)C)C1(C)C. The third-order valence-corrected chi connectivity index (χ3v) is 4.72. The molecule has 0 radical (unpaired) electrons. The van der Waals surface area contributed by atoms with E-state index in [1.165, 1.54) is 12.2 Å². The Morgan fingerprint density at radius 1 is 1.11 bits per heavy atom. The fraction of sp³-hybridized carbons (Fsp3) is 0.545. The van der Waals surface area contributed by atoms with Gasteiger partial charge in [0.15, 0.2) is 6.79 Å². The van der Waals surface area contributed by atoms with Crippen LogP contribution in [0.25, 0.3) is 5.57 Å². The maximum atomic E-state index is 13.4. The lowest BCUT2D eigenvalue weighted by atomic mass is 9.91. The van der Waals surface area contributed by atoms with Crippen molar-refractivity contribution in [3.8, 4) is 0 Å². The molecule has 0 N–H and O–H groups in total. The largest absolute Gasteiger partial charge is 0.427 e. The number of amides is 1. The van der Waals surface area contributed by atoms with Crippen molar-refractivity contribution in [1.29, 1.82) is 0 Å². The monoisotopic (exact) mass is 389 g/mol. The lowest BCUT2D eigenvalue weighted by molar-refractivity contribution is -0.239. The number of benzene rings is 1. The maximum absolute atomic E-state index is 13.4. The number of methoxy groups -OCH3 is 1. The number of hydroxylamine groups is 2. The Kier molecular flexibility index (Phi) is 6.07. The smallest absolute Gasteiger partial charge is 0.316 e. The van der Waals surface area contributed by atoms with Gasteiger partial charge >= 0.3 is 5.97 Å². The van der Waals surface area contributed by atoms with E-state index in [4.69, 9.17) is 14.3 Å². The Hall–Kier alpha value is -2.18. The minimum absolute atomic E-state index is 0.0885. The first-order valence-corrected chi connectivity index (χ1v) is 9.34. The summed E-state index contributed by atoms with van der Waals surface area (Å²) >= 11 is 0. The first-order valence-electron chi connectivity index (χ1n) is 9.34. The molecule has 0 aliphatic carbocycles. The highest BCUT2D eigenvalue weighted by Gasteiger charge is 2.50. The van der Waals surface area contributed by atoms with E-state index in [1.807, 2.05) is 32.9 Å². The molecule has 0 fully saturated rings. The van der Waals surface area contributed by atoms with Crippen LogP contribution in [0.5, 0.6) is 0 Å². The number of ether oxygens (including phenoxy) is 2. The highest BCUT2D eigenvalue weighted by Crippen LogP contribution is 2.43. The van der Waals surface area contributed by atoms with Crippen molar-refractivity contribution in [3.63, 3.8) is 0 Å². The molecule has 2 rings (SSSR count). The fourth-order valence-electron chi connectivity index (χ4n) is 3.39. The lowest BCUT2D eigenvalue weighted by Crippen LogP contribution is -2.45. The second-order valence-electron chi connectivity index (χ2n) is 8.81. The Morgan fingerprint density at radius 2 is 1.64 bits per heavy atom. The van der Waals surface area contributed by atoms with Crippen molar-refractivity contribution < 1.29 is 23.9 Å². The minimum Gasteiger partial charge on any atom is -0.427 e. The molecule has 1 aliphatic heterocycles. The topological polar surface area (TPSA) is 65.1 Å². The third kappa shape index (κ3) is 3.98. The number of nitrogens with zero attached hydrogens (tertiary/aromatic N) is 1. The van der Waals surface area contributed by atoms with Crippen LogP contribution in [0.4, 0.5) is 0 Å². The number of aryl methyl sites for hydroxylation is 3. The van der Waals surface area contributed by atoms with Crippen LogP contribution in [0.15, 0.2) is 17.9 Å². The van der Waals surface area contributed by atoms with Gasteiger partial charge in [-0.25, -0.2) is 9.90 Å². The average Bonchev–Trinajstić information content (AvgIpc) is 2.71. The van der Waals surface area contributed by atoms with Gasteiger partial charge in [-0.2, -0.15) is 0 Å². The van der Waals surface area contributed by atoms with Crippen LogP contribution in [0.3, 0.4) is 0 Å². The van der Waals surface area contributed by atoms with E-state index >= 15 is 0 Å². The van der Waals surface area contributed by atoms with Gasteiger partial charge in [-0.15, -0.1) is 0 Å². The molecule has 6 nitrogen and oxygen atoms in total. The number of carbonyl (C=O) groups excluding carboxylic acids is 2. The molecular formula is C22H31NO5. The molecule has 0 bridgehead atoms. The standard InChI is InChI=1S/C22H31NO5/c1-13-10-14(2)16(15(3)11-13)17-18(28-20(25)21(4,5)6)22(7,8)23(19(17)24)27-12-26-9/h10-11H,12H2,1-9H3. The summed E-state index contributed by atoms with van der Waals surface area (Å²) in [7, 11) is 1.48. The van der Waals surface area contributed by atoms with Crippen molar-refractivity contribution in [1.82, 2.24) is 5.06 Å². The van der Waals surface area contributed by atoms with Crippen LogP contribution in [-0.2, 0) is 23.9 Å². The number of hydrogen-bond acceptors (Lipinski definition) is 5. The molecular weight excluding hydrogens is 358 g/mol. The summed E-state index contributed by atoms with van der Waals surface area (Å²) in [6.07, 6.45) is 0. The molecule has 0 saturated heterocycles. The van der Waals surface area contributed by atoms with Gasteiger partial charge in [-0.1, -0.05) is 17.7 Å². The van der Waals surface area contributed by atoms with Gasteiger partial charge in [0.25, 0.3) is 5.91 Å². The molecule has 0 unspecified atom stereocenters. The van der Waals surface area contributed by atoms with Gasteiger partial charge in [0.1, 0.15) is 11.3 Å². The fourth-order valence-corrected chi connectivity index (χ4v) is 3.39. The molecule has 6 heteroatoms. The predicted octanol–water partition coefficient (Wildman–Crippen LogP) is 4.07. The van der Waals surface area contributed by atoms with Crippen LogP contribution in [0.1, 0.15) is 56.9 Å². The Morgan fingerprint density at radius 3 is 2.11 bits per heavy atom. The number of hydrogen-bond donors (Lipinski definition) is 0. The van der Waals surface area contributed by atoms with E-state index in [0.29, 0.717) is 11.3 Å². The number of rotatable bonds is 5. The van der Waals surface area contributed by atoms with Crippen LogP contribution in [0.2, 0.25) is 0 Å². The highest BCUT2D eigenvalue weighted by molar-refractivity contribution is 6.23. The van der Waals surface area contributed by atoms with Crippen LogP contribution >= 0.6 is 0 Å². The first-order chi connectivity index (χ1) is 12.8. The lowest BCUT2D eigenvalue weighted by Gasteiger charge is -2.32. The summed E-state index contributed by atoms with van der Waals surface area (Å²) in [6, 6.07) is 4.02. The van der Waals surface area contributed by atoms with Crippen molar-refractivity contribution in [2.45, 2.75) is 60.9 Å². The summed E-state index contributed by atoms with van der Waals surface area (Å²) in [6.45, 7) is 14.7. The summed E-state index contributed by atoms with van der Waals surface area (Å²) in [4.78, 5) is 31.6. The van der Waals surface area contributed by atoms with Crippen LogP contribution in [0, 0.1) is 26.2 Å². The molecule has 28 heavy (non-hydrogen) atoms. The third-order valence-electron chi connectivity index (χ3n) is 4.72. The van der Waals surface area contributed by atoms with Crippen molar-refractivity contribution in [2.24, 2.45) is 5.41 Å². The zero-order chi connectivity index (χ0) is 21.4. The van der Waals surface area contributed by atoms with Crippen molar-refractivity contribution >= 4 is 17.4 Å². The molecule has 0 spiro atoms. The minimum atomic E-state index is -0.977. The molecule has 1 aromatic carbocycles. The molecule has 0 atom stereocenters. The zero-order valence-electron chi connectivity index (χ0n) is 18.4. The van der Waals surface area contributed by atoms with Crippen molar-refractivity contribution in [3.05, 3.63) is 40.1 Å². The van der Waals surface area contributed by atoms with Gasteiger partial charge in [-0.3, -0.25) is 9.59 Å². The Balaban J connectivity index is 2.71. The Bertz CT molecular complexity index is 807. The normalized spacial score (nSPS) is 16.8. The molecule has 1 aromatic rings. The summed E-state index contributed by atoms with van der Waals surface area (Å²) in [5, 5.41) is 1.23. The highest BCUT2D eigenvalue weighted by atomic mass is 16.8. The number of esters is 1. The molecule has 0 saturated carbocycles. The van der Waals surface area contributed by atoms with Crippen molar-refractivity contribution in [2.75, 3.05) is 13.9 Å². The summed E-state index contributed by atoms with van der Waals surface area (Å²) in [5.41, 5.74) is 2.41. The van der Waals surface area contributed by atoms with Crippen LogP contribution in [-0.4, -0.2) is 36.4 Å². The molecule has 154 valence electrons. The molecule has 1 amide bonds. The average molecular weight is 389 g/mol. The second-order valence-corrected chi connectivity index (χ2v) is 8.81. The van der Waals surface area contributed by atoms with E-state index in [1.54, 1.807) is 34.6 Å². The Labute approximate surface area is 167 Å². The van der Waals surface area contributed by atoms with E-state index in [2.05, 4.69) is 0 Å². The van der Waals surface area contributed by atoms with Gasteiger partial charge < -0.3 is 9.47 Å². The quantitative estimate of drug-likeness (QED) is 0.561. The maximum Gasteiger partial charge on any atom is 0.316 e. The molecule has 0 aromatic heterocycles. The van der Waals surface area contributed by atoms with E-state index in [-0.39, 0.29) is 12.7 Å². The van der Waals surface area contributed by atoms with Gasteiger partial charge in [0, 0.05) is 7.11 Å². The van der Waals surface area contributed by atoms with E-state index in [9.17, 15) is 9.59 Å². The van der Waals surface area contributed by atoms with E-state index < -0.39 is 16.9 Å². The number of carbonyl (C=O) groups is 2. The first kappa shape index (κ1) is 22.1. The zero-order valence-corrected chi connectivity index (χ0v) is 18.4. The van der Waals surface area contributed by atoms with E-state index in [0.717, 1.165) is 22.3 Å². The summed E-state index contributed by atoms with van der Waals surface area (Å²) in [5.74, 6) is -0.464. The molecule has 1 aliphatic rings.